The first-order chi connectivity index (χ1) is 17.5. The number of halogens is 7. The van der Waals surface area contributed by atoms with Crippen molar-refractivity contribution in [2.24, 2.45) is 0 Å². The van der Waals surface area contributed by atoms with E-state index in [1.54, 1.807) is 11.3 Å². The van der Waals surface area contributed by atoms with Gasteiger partial charge in [0.05, 0.1) is 41.3 Å². The normalized spacial score (nSPS) is 21.3. The molecule has 2 aromatic rings. The molecule has 2 unspecified atom stereocenters. The van der Waals surface area contributed by atoms with Crippen molar-refractivity contribution in [1.82, 2.24) is 19.9 Å². The standard InChI is InChI=1S/C16H20FN5OS.2C2HF3O2/c1-11-20-14(9-24-11)7-22-3-2-16(10-22)4-13(8-23-16)21-15-18-5-12(17)6-19-15;2*3-2(4,5)1(6)7/h5-6,9,13H,2-4,7-8,10H2,1H3,(H,18,19,21);2*(H,6,7). The maximum absolute atomic E-state index is 12.9. The second-order valence-electron chi connectivity index (χ2n) is 8.19. The minimum absolute atomic E-state index is 0.0945. The number of hydrogen-bond acceptors (Lipinski definition) is 9. The molecule has 2 saturated heterocycles. The first-order valence-corrected chi connectivity index (χ1v) is 11.5. The van der Waals surface area contributed by atoms with Gasteiger partial charge >= 0.3 is 24.3 Å². The lowest BCUT2D eigenvalue weighted by Crippen LogP contribution is -2.33. The number of thiazole rings is 1. The van der Waals surface area contributed by atoms with Crippen molar-refractivity contribution < 1.29 is 55.3 Å². The Morgan fingerprint density at radius 2 is 1.71 bits per heavy atom. The minimum Gasteiger partial charge on any atom is -0.475 e. The van der Waals surface area contributed by atoms with Crippen LogP contribution in [0, 0.1) is 12.7 Å². The fraction of sp³-hybridized carbons (Fsp3) is 0.550. The predicted octanol–water partition coefficient (Wildman–Crippen LogP) is 3.49. The third-order valence-corrected chi connectivity index (χ3v) is 5.92. The number of carboxylic acid groups (broad SMARTS) is 2. The van der Waals surface area contributed by atoms with Crippen LogP contribution in [0.5, 0.6) is 0 Å². The van der Waals surface area contributed by atoms with Gasteiger partial charge in [0.1, 0.15) is 0 Å². The van der Waals surface area contributed by atoms with Crippen LogP contribution in [0.1, 0.15) is 23.5 Å². The van der Waals surface area contributed by atoms with Crippen LogP contribution in [0.15, 0.2) is 17.8 Å². The summed E-state index contributed by atoms with van der Waals surface area (Å²) >= 11 is 1.69. The number of hydrogen-bond donors (Lipinski definition) is 3. The molecule has 0 radical (unpaired) electrons. The van der Waals surface area contributed by atoms with E-state index < -0.39 is 30.1 Å². The Hall–Kier alpha value is -3.12. The van der Waals surface area contributed by atoms with Crippen LogP contribution in [0.25, 0.3) is 0 Å². The molecule has 2 fully saturated rings. The van der Waals surface area contributed by atoms with Gasteiger partial charge in [-0.3, -0.25) is 4.90 Å². The number of ether oxygens (including phenoxy) is 1. The van der Waals surface area contributed by atoms with Gasteiger partial charge in [-0.1, -0.05) is 0 Å². The number of aryl methyl sites for hydroxylation is 1. The maximum Gasteiger partial charge on any atom is 0.490 e. The number of aliphatic carboxylic acids is 2. The van der Waals surface area contributed by atoms with Crippen molar-refractivity contribution >= 4 is 29.2 Å². The molecule has 2 atom stereocenters. The van der Waals surface area contributed by atoms with E-state index in [1.165, 1.54) is 12.4 Å². The monoisotopic (exact) mass is 577 g/mol. The zero-order valence-electron chi connectivity index (χ0n) is 19.5. The number of alkyl halides is 6. The molecule has 2 aliphatic heterocycles. The van der Waals surface area contributed by atoms with Crippen LogP contribution in [-0.2, 0) is 20.9 Å². The molecule has 0 bridgehead atoms. The van der Waals surface area contributed by atoms with E-state index in [2.05, 4.69) is 30.5 Å². The Labute approximate surface area is 214 Å². The molecule has 2 aliphatic rings. The molecule has 1 spiro atoms. The van der Waals surface area contributed by atoms with Crippen LogP contribution in [0.3, 0.4) is 0 Å². The fourth-order valence-corrected chi connectivity index (χ4v) is 4.17. The third-order valence-electron chi connectivity index (χ3n) is 5.10. The second kappa shape index (κ2) is 12.6. The highest BCUT2D eigenvalue weighted by Gasteiger charge is 2.45. The van der Waals surface area contributed by atoms with E-state index in [1.807, 2.05) is 6.92 Å². The number of nitrogens with one attached hydrogen (secondary N) is 1. The molecule has 0 amide bonds. The van der Waals surface area contributed by atoms with Crippen molar-refractivity contribution in [2.45, 2.75) is 50.3 Å². The first kappa shape index (κ1) is 31.1. The third kappa shape index (κ3) is 9.97. The van der Waals surface area contributed by atoms with Gasteiger partial charge in [0.2, 0.25) is 5.95 Å². The highest BCUT2D eigenvalue weighted by Crippen LogP contribution is 2.36. The number of rotatable bonds is 4. The van der Waals surface area contributed by atoms with Crippen molar-refractivity contribution in [3.05, 3.63) is 34.3 Å². The van der Waals surface area contributed by atoms with Crippen molar-refractivity contribution in [3.63, 3.8) is 0 Å². The van der Waals surface area contributed by atoms with E-state index in [9.17, 15) is 30.7 Å². The van der Waals surface area contributed by atoms with E-state index in [-0.39, 0.29) is 11.6 Å². The summed E-state index contributed by atoms with van der Waals surface area (Å²) in [7, 11) is 0. The largest absolute Gasteiger partial charge is 0.490 e. The molecule has 2 aromatic heterocycles. The summed E-state index contributed by atoms with van der Waals surface area (Å²) in [4.78, 5) is 32.7. The van der Waals surface area contributed by atoms with Gasteiger partial charge in [0.25, 0.3) is 0 Å². The van der Waals surface area contributed by atoms with Gasteiger partial charge in [-0.25, -0.2) is 28.9 Å². The van der Waals surface area contributed by atoms with Gasteiger partial charge in [0.15, 0.2) is 5.82 Å². The molecule has 18 heteroatoms. The van der Waals surface area contributed by atoms with Crippen LogP contribution < -0.4 is 5.32 Å². The smallest absolute Gasteiger partial charge is 0.475 e. The number of anilines is 1. The van der Waals surface area contributed by atoms with E-state index in [0.717, 1.165) is 43.2 Å². The van der Waals surface area contributed by atoms with E-state index in [4.69, 9.17) is 24.5 Å². The number of likely N-dealkylation sites (tertiary alicyclic amines) is 1. The molecular formula is C20H22F7N5O5S. The summed E-state index contributed by atoms with van der Waals surface area (Å²) in [5.41, 5.74) is 1.05. The van der Waals surface area contributed by atoms with Crippen LogP contribution in [0.4, 0.5) is 36.7 Å². The van der Waals surface area contributed by atoms with Crippen molar-refractivity contribution in [3.8, 4) is 0 Å². The predicted molar refractivity (Wildman–Crippen MR) is 117 cm³/mol. The number of carboxylic acids is 2. The second-order valence-corrected chi connectivity index (χ2v) is 9.25. The Morgan fingerprint density at radius 1 is 1.16 bits per heavy atom. The molecule has 4 rings (SSSR count). The topological polar surface area (TPSA) is 138 Å². The molecule has 212 valence electrons. The minimum atomic E-state index is -5.08. The molecular weight excluding hydrogens is 555 g/mol. The Balaban J connectivity index is 0.000000301. The molecule has 0 aliphatic carbocycles. The van der Waals surface area contributed by atoms with Crippen molar-refractivity contribution in [1.29, 1.82) is 0 Å². The number of nitrogens with zero attached hydrogens (tertiary/aromatic N) is 4. The summed E-state index contributed by atoms with van der Waals surface area (Å²) in [6, 6.07) is 0.164. The SMILES string of the molecule is Cc1nc(CN2CCC3(CC(Nc4ncc(F)cn4)CO3)C2)cs1.O=C(O)C(F)(F)F.O=C(O)C(F)(F)F. The van der Waals surface area contributed by atoms with E-state index in [0.29, 0.717) is 12.6 Å². The zero-order chi connectivity index (χ0) is 28.7. The van der Waals surface area contributed by atoms with Gasteiger partial charge < -0.3 is 20.3 Å². The number of carbonyl (C=O) groups is 2. The maximum atomic E-state index is 12.9. The average molecular weight is 577 g/mol. The summed E-state index contributed by atoms with van der Waals surface area (Å²) < 4.78 is 82.5. The summed E-state index contributed by atoms with van der Waals surface area (Å²) in [6.45, 7) is 5.49. The lowest BCUT2D eigenvalue weighted by Gasteiger charge is -2.23. The molecule has 0 aromatic carbocycles. The summed E-state index contributed by atoms with van der Waals surface area (Å²) in [5, 5.41) is 20.7. The van der Waals surface area contributed by atoms with Gasteiger partial charge in [0, 0.05) is 31.4 Å². The zero-order valence-corrected chi connectivity index (χ0v) is 20.3. The molecule has 4 heterocycles. The van der Waals surface area contributed by atoms with E-state index >= 15 is 0 Å². The molecule has 10 nitrogen and oxygen atoms in total. The molecule has 0 saturated carbocycles. The van der Waals surface area contributed by atoms with Crippen LogP contribution in [-0.4, -0.2) is 85.7 Å². The van der Waals surface area contributed by atoms with Gasteiger partial charge in [-0.15, -0.1) is 11.3 Å². The Morgan fingerprint density at radius 3 is 2.18 bits per heavy atom. The van der Waals surface area contributed by atoms with Crippen LogP contribution >= 0.6 is 11.3 Å². The Bertz CT molecular complexity index is 1060. The van der Waals surface area contributed by atoms with Gasteiger partial charge in [-0.05, 0) is 13.3 Å². The highest BCUT2D eigenvalue weighted by molar-refractivity contribution is 7.09. The summed E-state index contributed by atoms with van der Waals surface area (Å²) in [5.74, 6) is -5.49. The summed E-state index contributed by atoms with van der Waals surface area (Å²) in [6.07, 6.45) is -5.87. The van der Waals surface area contributed by atoms with Crippen molar-refractivity contribution in [2.75, 3.05) is 25.0 Å². The first-order valence-electron chi connectivity index (χ1n) is 10.6. The molecule has 3 N–H and O–H groups in total. The quantitative estimate of drug-likeness (QED) is 0.463. The highest BCUT2D eigenvalue weighted by atomic mass is 32.1. The average Bonchev–Trinajstić information content (AvgIpc) is 3.50. The van der Waals surface area contributed by atoms with Gasteiger partial charge in [-0.2, -0.15) is 26.3 Å². The van der Waals surface area contributed by atoms with Crippen LogP contribution in [0.2, 0.25) is 0 Å². The fourth-order valence-electron chi connectivity index (χ4n) is 3.56. The Kier molecular flexibility index (Phi) is 10.3. The lowest BCUT2D eigenvalue weighted by molar-refractivity contribution is -0.193. The molecule has 38 heavy (non-hydrogen) atoms. The number of aromatic nitrogens is 3. The lowest BCUT2D eigenvalue weighted by atomic mass is 9.97.